The third kappa shape index (κ3) is 4.76. The zero-order valence-electron chi connectivity index (χ0n) is 11.9. The largest absolute Gasteiger partial charge is 0.376 e. The second-order valence-electron chi connectivity index (χ2n) is 5.31. The Hall–Kier alpha value is -1.20. The van der Waals surface area contributed by atoms with Gasteiger partial charge in [0.25, 0.3) is 0 Å². The molecule has 1 aliphatic carbocycles. The second-order valence-corrected chi connectivity index (χ2v) is 5.31. The lowest BCUT2D eigenvalue weighted by Gasteiger charge is -2.26. The molecular weight excluding hydrogens is 240 g/mol. The zero-order valence-corrected chi connectivity index (χ0v) is 11.9. The molecule has 0 atom stereocenters. The number of aryl methyl sites for hydroxylation is 2. The van der Waals surface area contributed by atoms with Crippen LogP contribution in [0.15, 0.2) is 6.07 Å². The highest BCUT2D eigenvalue weighted by Gasteiger charge is 2.18. The van der Waals surface area contributed by atoms with E-state index in [0.717, 1.165) is 43.6 Å². The molecule has 5 heteroatoms. The van der Waals surface area contributed by atoms with E-state index in [2.05, 4.69) is 15.3 Å². The summed E-state index contributed by atoms with van der Waals surface area (Å²) in [6.07, 6.45) is 4.71. The van der Waals surface area contributed by atoms with Crippen molar-refractivity contribution in [2.24, 2.45) is 5.73 Å². The number of nitrogens with two attached hydrogens (primary N) is 1. The van der Waals surface area contributed by atoms with Crippen LogP contribution in [0.25, 0.3) is 0 Å². The van der Waals surface area contributed by atoms with Gasteiger partial charge in [0.15, 0.2) is 0 Å². The topological polar surface area (TPSA) is 73.1 Å². The van der Waals surface area contributed by atoms with Crippen molar-refractivity contribution in [1.29, 1.82) is 0 Å². The zero-order chi connectivity index (χ0) is 13.7. The van der Waals surface area contributed by atoms with Gasteiger partial charge in [0.05, 0.1) is 12.7 Å². The lowest BCUT2D eigenvalue weighted by Crippen LogP contribution is -2.31. The van der Waals surface area contributed by atoms with Gasteiger partial charge in [0, 0.05) is 24.0 Å². The smallest absolute Gasteiger partial charge is 0.223 e. The first-order chi connectivity index (χ1) is 9.13. The number of hydrogen-bond acceptors (Lipinski definition) is 5. The van der Waals surface area contributed by atoms with Gasteiger partial charge in [-0.3, -0.25) is 0 Å². The molecule has 0 saturated heterocycles. The summed E-state index contributed by atoms with van der Waals surface area (Å²) >= 11 is 0. The van der Waals surface area contributed by atoms with Crippen molar-refractivity contribution in [2.75, 3.05) is 18.5 Å². The summed E-state index contributed by atoms with van der Waals surface area (Å²) in [6.45, 7) is 5.38. The molecule has 1 fully saturated rings. The Morgan fingerprint density at radius 1 is 1.21 bits per heavy atom. The predicted molar refractivity (Wildman–Crippen MR) is 76.2 cm³/mol. The maximum absolute atomic E-state index is 5.87. The van der Waals surface area contributed by atoms with Gasteiger partial charge >= 0.3 is 0 Å². The van der Waals surface area contributed by atoms with Crippen LogP contribution < -0.4 is 11.1 Å². The molecule has 106 valence electrons. The van der Waals surface area contributed by atoms with E-state index in [9.17, 15) is 0 Å². The summed E-state index contributed by atoms with van der Waals surface area (Å²) in [6, 6.07) is 2.34. The summed E-state index contributed by atoms with van der Waals surface area (Å²) in [5, 5.41) is 3.20. The van der Waals surface area contributed by atoms with Gasteiger partial charge in [-0.15, -0.1) is 0 Å². The quantitative estimate of drug-likeness (QED) is 0.793. The van der Waals surface area contributed by atoms with Crippen molar-refractivity contribution in [3.8, 4) is 0 Å². The van der Waals surface area contributed by atoms with Crippen molar-refractivity contribution in [3.05, 3.63) is 17.5 Å². The van der Waals surface area contributed by atoms with E-state index >= 15 is 0 Å². The molecule has 1 aliphatic rings. The fourth-order valence-corrected chi connectivity index (χ4v) is 2.45. The van der Waals surface area contributed by atoms with Crippen LogP contribution in [0.1, 0.15) is 37.1 Å². The first kappa shape index (κ1) is 14.2. The Balaban J connectivity index is 1.66. The Labute approximate surface area is 115 Å². The average molecular weight is 264 g/mol. The summed E-state index contributed by atoms with van der Waals surface area (Å²) in [5.74, 6) is 0.687. The maximum atomic E-state index is 5.87. The van der Waals surface area contributed by atoms with Crippen LogP contribution in [0.2, 0.25) is 0 Å². The minimum Gasteiger partial charge on any atom is -0.376 e. The van der Waals surface area contributed by atoms with E-state index in [4.69, 9.17) is 10.5 Å². The number of anilines is 1. The minimum absolute atomic E-state index is 0.377. The molecule has 1 heterocycles. The molecule has 19 heavy (non-hydrogen) atoms. The van der Waals surface area contributed by atoms with Crippen molar-refractivity contribution >= 4 is 5.95 Å². The lowest BCUT2D eigenvalue weighted by molar-refractivity contribution is 0.0312. The van der Waals surface area contributed by atoms with E-state index in [1.807, 2.05) is 19.9 Å². The van der Waals surface area contributed by atoms with Crippen LogP contribution in [0, 0.1) is 13.8 Å². The van der Waals surface area contributed by atoms with E-state index in [1.165, 1.54) is 0 Å². The van der Waals surface area contributed by atoms with Gasteiger partial charge < -0.3 is 15.8 Å². The van der Waals surface area contributed by atoms with Crippen LogP contribution in [0.3, 0.4) is 0 Å². The lowest BCUT2D eigenvalue weighted by atomic mass is 9.94. The number of hydrogen-bond donors (Lipinski definition) is 2. The third-order valence-electron chi connectivity index (χ3n) is 3.44. The molecule has 1 aromatic heterocycles. The van der Waals surface area contributed by atoms with Crippen LogP contribution >= 0.6 is 0 Å². The molecule has 0 spiro atoms. The van der Waals surface area contributed by atoms with Gasteiger partial charge in [-0.1, -0.05) is 0 Å². The van der Waals surface area contributed by atoms with Crippen molar-refractivity contribution in [3.63, 3.8) is 0 Å². The summed E-state index contributed by atoms with van der Waals surface area (Å²) < 4.78 is 5.84. The predicted octanol–water partition coefficient (Wildman–Crippen LogP) is 1.79. The van der Waals surface area contributed by atoms with Crippen molar-refractivity contribution < 1.29 is 4.74 Å². The molecule has 0 aromatic carbocycles. The van der Waals surface area contributed by atoms with Gasteiger partial charge in [-0.05, 0) is 45.6 Å². The number of rotatable bonds is 5. The first-order valence-corrected chi connectivity index (χ1v) is 7.07. The Bertz CT molecular complexity index is 382. The molecule has 0 aliphatic heterocycles. The molecule has 5 nitrogen and oxygen atoms in total. The molecular formula is C14H24N4O. The average Bonchev–Trinajstić information content (AvgIpc) is 2.36. The van der Waals surface area contributed by atoms with Gasteiger partial charge in [0.2, 0.25) is 5.95 Å². The Morgan fingerprint density at radius 2 is 1.84 bits per heavy atom. The van der Waals surface area contributed by atoms with Crippen molar-refractivity contribution in [2.45, 2.75) is 51.7 Å². The summed E-state index contributed by atoms with van der Waals surface area (Å²) in [5.41, 5.74) is 7.84. The first-order valence-electron chi connectivity index (χ1n) is 7.07. The van der Waals surface area contributed by atoms with Crippen LogP contribution in [-0.4, -0.2) is 35.3 Å². The fraction of sp³-hybridized carbons (Fsp3) is 0.714. The number of nitrogens with zero attached hydrogens (tertiary/aromatic N) is 2. The van der Waals surface area contributed by atoms with E-state index < -0.39 is 0 Å². The number of nitrogens with one attached hydrogen (secondary N) is 1. The molecule has 3 N–H and O–H groups in total. The third-order valence-corrected chi connectivity index (χ3v) is 3.44. The Kier molecular flexibility index (Phi) is 5.10. The molecule has 0 bridgehead atoms. The van der Waals surface area contributed by atoms with Crippen molar-refractivity contribution in [1.82, 2.24) is 9.97 Å². The van der Waals surface area contributed by atoms with Crippen LogP contribution in [0.4, 0.5) is 5.95 Å². The number of ether oxygens (including phenoxy) is 1. The standard InChI is InChI=1S/C14H24N4O/c1-10-9-11(2)18-14(17-10)16-7-8-19-13-5-3-12(15)4-6-13/h9,12-13H,3-8,15H2,1-2H3,(H,16,17,18). The van der Waals surface area contributed by atoms with Gasteiger partial charge in [-0.2, -0.15) is 0 Å². The molecule has 1 saturated carbocycles. The molecule has 2 rings (SSSR count). The number of aromatic nitrogens is 2. The van der Waals surface area contributed by atoms with E-state index in [-0.39, 0.29) is 0 Å². The monoisotopic (exact) mass is 264 g/mol. The highest BCUT2D eigenvalue weighted by Crippen LogP contribution is 2.19. The molecule has 1 aromatic rings. The summed E-state index contributed by atoms with van der Waals surface area (Å²) in [4.78, 5) is 8.67. The SMILES string of the molecule is Cc1cc(C)nc(NCCOC2CCC(N)CC2)n1. The highest BCUT2D eigenvalue weighted by molar-refractivity contribution is 5.27. The molecule has 0 radical (unpaired) electrons. The van der Waals surface area contributed by atoms with E-state index in [0.29, 0.717) is 24.7 Å². The maximum Gasteiger partial charge on any atom is 0.223 e. The van der Waals surface area contributed by atoms with Crippen LogP contribution in [-0.2, 0) is 4.74 Å². The molecule has 0 amide bonds. The van der Waals surface area contributed by atoms with Crippen LogP contribution in [0.5, 0.6) is 0 Å². The second kappa shape index (κ2) is 6.82. The van der Waals surface area contributed by atoms with E-state index in [1.54, 1.807) is 0 Å². The highest BCUT2D eigenvalue weighted by atomic mass is 16.5. The normalized spacial score (nSPS) is 23.3. The van der Waals surface area contributed by atoms with Gasteiger partial charge in [-0.25, -0.2) is 9.97 Å². The minimum atomic E-state index is 0.377. The fourth-order valence-electron chi connectivity index (χ4n) is 2.45. The Morgan fingerprint density at radius 3 is 2.47 bits per heavy atom. The van der Waals surface area contributed by atoms with Gasteiger partial charge in [0.1, 0.15) is 0 Å². The molecule has 0 unspecified atom stereocenters. The summed E-state index contributed by atoms with van der Waals surface area (Å²) in [7, 11) is 0.